The summed E-state index contributed by atoms with van der Waals surface area (Å²) < 4.78 is 1.71. The van der Waals surface area contributed by atoms with Crippen LogP contribution >= 0.6 is 0 Å². The van der Waals surface area contributed by atoms with Crippen LogP contribution in [0.3, 0.4) is 0 Å². The van der Waals surface area contributed by atoms with Crippen molar-refractivity contribution in [3.8, 4) is 16.9 Å². The van der Waals surface area contributed by atoms with Crippen LogP contribution in [0.2, 0.25) is 0 Å². The summed E-state index contributed by atoms with van der Waals surface area (Å²) in [6.45, 7) is 2.14. The van der Waals surface area contributed by atoms with E-state index in [1.54, 1.807) is 35.1 Å². The van der Waals surface area contributed by atoms with E-state index in [2.05, 4.69) is 17.6 Å². The van der Waals surface area contributed by atoms with Crippen LogP contribution in [0, 0.1) is 0 Å². The van der Waals surface area contributed by atoms with E-state index >= 15 is 0 Å². The number of nitrogens with one attached hydrogen (secondary N) is 2. The number of carbonyl (C=O) groups is 3. The smallest absolute Gasteiger partial charge is 0.255 e. The van der Waals surface area contributed by atoms with Crippen LogP contribution in [0.15, 0.2) is 85.1 Å². The van der Waals surface area contributed by atoms with Gasteiger partial charge in [-0.05, 0) is 41.8 Å². The molecule has 0 aliphatic heterocycles. The SMILES string of the molecule is CCc1ccc(-c2nn(-c3ccccc3)cc2C(=O)NCc2ccc(C(=O)NCC(N)=O)cc2)cc1. The van der Waals surface area contributed by atoms with Gasteiger partial charge in [0.1, 0.15) is 5.69 Å². The molecule has 4 rings (SSSR count). The van der Waals surface area contributed by atoms with Crippen LogP contribution in [0.4, 0.5) is 0 Å². The van der Waals surface area contributed by atoms with Crippen molar-refractivity contribution in [2.45, 2.75) is 19.9 Å². The molecule has 1 heterocycles. The lowest BCUT2D eigenvalue weighted by molar-refractivity contribution is -0.117. The maximum Gasteiger partial charge on any atom is 0.255 e. The minimum atomic E-state index is -0.612. The van der Waals surface area contributed by atoms with E-state index in [0.29, 0.717) is 16.8 Å². The van der Waals surface area contributed by atoms with Crippen LogP contribution in [-0.4, -0.2) is 34.0 Å². The third kappa shape index (κ3) is 5.85. The van der Waals surface area contributed by atoms with Crippen LogP contribution in [0.25, 0.3) is 16.9 Å². The predicted molar refractivity (Wildman–Crippen MR) is 138 cm³/mol. The Balaban J connectivity index is 1.52. The molecule has 0 aliphatic carbocycles. The Morgan fingerprint density at radius 2 is 1.50 bits per heavy atom. The molecule has 3 aromatic carbocycles. The van der Waals surface area contributed by atoms with E-state index in [1.807, 2.05) is 54.6 Å². The predicted octanol–water partition coefficient (Wildman–Crippen LogP) is 3.25. The average Bonchev–Trinajstić information content (AvgIpc) is 3.37. The lowest BCUT2D eigenvalue weighted by Gasteiger charge is -2.07. The van der Waals surface area contributed by atoms with Crippen LogP contribution in [0.1, 0.15) is 38.8 Å². The fourth-order valence-electron chi connectivity index (χ4n) is 3.69. The molecule has 36 heavy (non-hydrogen) atoms. The minimum absolute atomic E-state index is 0.225. The number of para-hydroxylation sites is 1. The highest BCUT2D eigenvalue weighted by atomic mass is 16.2. The molecule has 3 amide bonds. The zero-order chi connectivity index (χ0) is 25.5. The number of hydrogen-bond donors (Lipinski definition) is 3. The van der Waals surface area contributed by atoms with Crippen molar-refractivity contribution in [3.63, 3.8) is 0 Å². The summed E-state index contributed by atoms with van der Waals surface area (Å²) in [7, 11) is 0. The molecular weight excluding hydrogens is 454 g/mol. The first-order chi connectivity index (χ1) is 17.4. The normalized spacial score (nSPS) is 10.6. The molecule has 0 saturated carbocycles. The van der Waals surface area contributed by atoms with Crippen LogP contribution in [-0.2, 0) is 17.8 Å². The average molecular weight is 482 g/mol. The second-order valence-electron chi connectivity index (χ2n) is 8.25. The summed E-state index contributed by atoms with van der Waals surface area (Å²) in [6, 6.07) is 24.4. The second-order valence-corrected chi connectivity index (χ2v) is 8.25. The number of hydrogen-bond acceptors (Lipinski definition) is 4. The first kappa shape index (κ1) is 24.4. The van der Waals surface area contributed by atoms with Gasteiger partial charge in [0.2, 0.25) is 5.91 Å². The molecule has 8 heteroatoms. The molecule has 0 spiro atoms. The highest BCUT2D eigenvalue weighted by Crippen LogP contribution is 2.24. The summed E-state index contributed by atoms with van der Waals surface area (Å²) in [5.41, 5.74) is 10.3. The van der Waals surface area contributed by atoms with Crippen molar-refractivity contribution in [1.82, 2.24) is 20.4 Å². The number of amides is 3. The Bertz CT molecular complexity index is 1360. The minimum Gasteiger partial charge on any atom is -0.368 e. The Hall–Kier alpha value is -4.72. The summed E-state index contributed by atoms with van der Waals surface area (Å²) >= 11 is 0. The number of carbonyl (C=O) groups excluding carboxylic acids is 3. The molecule has 4 N–H and O–H groups in total. The molecule has 0 aliphatic rings. The zero-order valence-electron chi connectivity index (χ0n) is 19.9. The van der Waals surface area contributed by atoms with Gasteiger partial charge < -0.3 is 16.4 Å². The quantitative estimate of drug-likeness (QED) is 0.340. The Morgan fingerprint density at radius 3 is 2.14 bits per heavy atom. The third-order valence-electron chi connectivity index (χ3n) is 5.71. The summed E-state index contributed by atoms with van der Waals surface area (Å²) in [6.07, 6.45) is 2.66. The topological polar surface area (TPSA) is 119 Å². The van der Waals surface area contributed by atoms with Gasteiger partial charge in [-0.15, -0.1) is 0 Å². The van der Waals surface area contributed by atoms with Gasteiger partial charge in [-0.25, -0.2) is 4.68 Å². The number of rotatable bonds is 9. The molecule has 0 fully saturated rings. The monoisotopic (exact) mass is 481 g/mol. The Labute approximate surface area is 209 Å². The summed E-state index contributed by atoms with van der Waals surface area (Å²) in [5, 5.41) is 10.1. The molecular formula is C28H27N5O3. The molecule has 0 bridgehead atoms. The maximum atomic E-state index is 13.2. The number of benzene rings is 3. The fourth-order valence-corrected chi connectivity index (χ4v) is 3.69. The summed E-state index contributed by atoms with van der Waals surface area (Å²) in [4.78, 5) is 36.1. The number of nitrogens with two attached hydrogens (primary N) is 1. The second kappa shape index (κ2) is 11.1. The van der Waals surface area contributed by atoms with Gasteiger partial charge in [-0.2, -0.15) is 5.10 Å². The molecule has 0 saturated heterocycles. The van der Waals surface area contributed by atoms with Gasteiger partial charge in [0.05, 0.1) is 17.8 Å². The largest absolute Gasteiger partial charge is 0.368 e. The molecule has 0 unspecified atom stereocenters. The van der Waals surface area contributed by atoms with Gasteiger partial charge in [-0.3, -0.25) is 14.4 Å². The Morgan fingerprint density at radius 1 is 0.833 bits per heavy atom. The van der Waals surface area contributed by atoms with E-state index < -0.39 is 11.8 Å². The van der Waals surface area contributed by atoms with E-state index in [0.717, 1.165) is 23.2 Å². The fraction of sp³-hybridized carbons (Fsp3) is 0.143. The van der Waals surface area contributed by atoms with E-state index in [1.165, 1.54) is 5.56 Å². The van der Waals surface area contributed by atoms with E-state index in [-0.39, 0.29) is 19.0 Å². The number of aromatic nitrogens is 2. The van der Waals surface area contributed by atoms with Crippen molar-refractivity contribution >= 4 is 17.7 Å². The highest BCUT2D eigenvalue weighted by molar-refractivity contribution is 6.00. The van der Waals surface area contributed by atoms with Crippen molar-refractivity contribution in [2.75, 3.05) is 6.54 Å². The van der Waals surface area contributed by atoms with Gasteiger partial charge in [0.15, 0.2) is 0 Å². The molecule has 8 nitrogen and oxygen atoms in total. The molecule has 182 valence electrons. The van der Waals surface area contributed by atoms with E-state index in [4.69, 9.17) is 10.8 Å². The summed E-state index contributed by atoms with van der Waals surface area (Å²) in [5.74, 6) is -1.26. The Kier molecular flexibility index (Phi) is 7.55. The standard InChI is InChI=1S/C28H27N5O3/c1-2-19-8-12-21(13-9-19)26-24(18-33(32-26)23-6-4-3-5-7-23)28(36)30-16-20-10-14-22(15-11-20)27(35)31-17-25(29)34/h3-15,18H,2,16-17H2,1H3,(H2,29,34)(H,30,36)(H,31,35). The molecule has 1 aromatic heterocycles. The number of primary amides is 1. The van der Waals surface area contributed by atoms with Crippen molar-refractivity contribution in [2.24, 2.45) is 5.73 Å². The van der Waals surface area contributed by atoms with Gasteiger partial charge >= 0.3 is 0 Å². The van der Waals surface area contributed by atoms with Gasteiger partial charge in [0.25, 0.3) is 11.8 Å². The van der Waals surface area contributed by atoms with Gasteiger partial charge in [0, 0.05) is 23.9 Å². The lowest BCUT2D eigenvalue weighted by atomic mass is 10.0. The lowest BCUT2D eigenvalue weighted by Crippen LogP contribution is -2.33. The molecule has 0 atom stereocenters. The third-order valence-corrected chi connectivity index (χ3v) is 5.71. The van der Waals surface area contributed by atoms with Crippen LogP contribution in [0.5, 0.6) is 0 Å². The van der Waals surface area contributed by atoms with Crippen molar-refractivity contribution in [1.29, 1.82) is 0 Å². The van der Waals surface area contributed by atoms with Crippen molar-refractivity contribution in [3.05, 3.63) is 107 Å². The first-order valence-corrected chi connectivity index (χ1v) is 11.6. The number of aryl methyl sites for hydroxylation is 1. The van der Waals surface area contributed by atoms with E-state index in [9.17, 15) is 14.4 Å². The molecule has 0 radical (unpaired) electrons. The molecule has 4 aromatic rings. The highest BCUT2D eigenvalue weighted by Gasteiger charge is 2.19. The zero-order valence-corrected chi connectivity index (χ0v) is 19.9. The van der Waals surface area contributed by atoms with Gasteiger partial charge in [-0.1, -0.05) is 61.5 Å². The van der Waals surface area contributed by atoms with Crippen molar-refractivity contribution < 1.29 is 14.4 Å². The first-order valence-electron chi connectivity index (χ1n) is 11.6. The van der Waals surface area contributed by atoms with Crippen LogP contribution < -0.4 is 16.4 Å². The maximum absolute atomic E-state index is 13.2. The number of nitrogens with zero attached hydrogens (tertiary/aromatic N) is 2.